The Kier molecular flexibility index (Phi) is 36.0. The van der Waals surface area contributed by atoms with Gasteiger partial charge in [-0.2, -0.15) is 0 Å². The molecule has 0 saturated carbocycles. The van der Waals surface area contributed by atoms with E-state index in [9.17, 15) is 14.4 Å². The first-order valence-electron chi connectivity index (χ1n) is 21.7. The summed E-state index contributed by atoms with van der Waals surface area (Å²) < 4.78 is 16.6. The average Bonchev–Trinajstić information content (AvgIpc) is 3.08. The summed E-state index contributed by atoms with van der Waals surface area (Å²) in [6.45, 7) is 11.2. The lowest BCUT2D eigenvalue weighted by atomic mass is 10.0. The highest BCUT2D eigenvalue weighted by Gasteiger charge is 2.19. The van der Waals surface area contributed by atoms with Crippen molar-refractivity contribution in [3.63, 3.8) is 0 Å². The first kappa shape index (κ1) is 48.4. The molecular formula is C44H84O6. The van der Waals surface area contributed by atoms with Crippen LogP contribution in [0.2, 0.25) is 0 Å². The van der Waals surface area contributed by atoms with Gasteiger partial charge < -0.3 is 14.2 Å². The van der Waals surface area contributed by atoms with Crippen molar-refractivity contribution in [1.82, 2.24) is 0 Å². The van der Waals surface area contributed by atoms with Gasteiger partial charge in [-0.1, -0.05) is 195 Å². The number of rotatable bonds is 38. The van der Waals surface area contributed by atoms with Crippen LogP contribution in [0.4, 0.5) is 0 Å². The van der Waals surface area contributed by atoms with Gasteiger partial charge in [0.25, 0.3) is 0 Å². The first-order chi connectivity index (χ1) is 24.2. The molecular weight excluding hydrogens is 624 g/mol. The van der Waals surface area contributed by atoms with Crippen LogP contribution in [-0.2, 0) is 28.6 Å². The van der Waals surface area contributed by atoms with Crippen LogP contribution < -0.4 is 0 Å². The van der Waals surface area contributed by atoms with E-state index in [4.69, 9.17) is 14.2 Å². The van der Waals surface area contributed by atoms with Crippen molar-refractivity contribution >= 4 is 17.9 Å². The Labute approximate surface area is 310 Å². The molecule has 6 nitrogen and oxygen atoms in total. The van der Waals surface area contributed by atoms with Crippen molar-refractivity contribution in [3.05, 3.63) is 0 Å². The van der Waals surface area contributed by atoms with Crippen LogP contribution in [0.15, 0.2) is 0 Å². The summed E-state index contributed by atoms with van der Waals surface area (Å²) in [6, 6.07) is 0. The van der Waals surface area contributed by atoms with Gasteiger partial charge in [-0.25, -0.2) is 0 Å². The molecule has 296 valence electrons. The highest BCUT2D eigenvalue weighted by atomic mass is 16.6. The van der Waals surface area contributed by atoms with Gasteiger partial charge in [-0.3, -0.25) is 14.4 Å². The Bertz CT molecular complexity index is 764. The van der Waals surface area contributed by atoms with Crippen LogP contribution in [0.1, 0.15) is 234 Å². The lowest BCUT2D eigenvalue weighted by Gasteiger charge is -2.18. The van der Waals surface area contributed by atoms with Gasteiger partial charge in [0.15, 0.2) is 6.10 Å². The maximum atomic E-state index is 12.6. The van der Waals surface area contributed by atoms with Gasteiger partial charge in [0.1, 0.15) is 13.2 Å². The highest BCUT2D eigenvalue weighted by molar-refractivity contribution is 5.71. The summed E-state index contributed by atoms with van der Waals surface area (Å²) in [5.74, 6) is 0.758. The van der Waals surface area contributed by atoms with E-state index in [1.165, 1.54) is 116 Å². The molecule has 0 amide bonds. The maximum Gasteiger partial charge on any atom is 0.306 e. The van der Waals surface area contributed by atoms with E-state index in [1.54, 1.807) is 0 Å². The minimum Gasteiger partial charge on any atom is -0.462 e. The van der Waals surface area contributed by atoms with Gasteiger partial charge in [0, 0.05) is 19.3 Å². The molecule has 0 saturated heterocycles. The number of carbonyl (C=O) groups excluding carboxylic acids is 3. The van der Waals surface area contributed by atoms with E-state index in [1.807, 2.05) is 0 Å². The summed E-state index contributed by atoms with van der Waals surface area (Å²) in [7, 11) is 0. The van der Waals surface area contributed by atoms with Gasteiger partial charge in [0.05, 0.1) is 0 Å². The molecule has 0 rings (SSSR count). The predicted molar refractivity (Wildman–Crippen MR) is 210 cm³/mol. The Hall–Kier alpha value is -1.59. The number of hydrogen-bond donors (Lipinski definition) is 0. The van der Waals surface area contributed by atoms with Crippen LogP contribution in [0.3, 0.4) is 0 Å². The number of esters is 3. The van der Waals surface area contributed by atoms with Crippen LogP contribution >= 0.6 is 0 Å². The van der Waals surface area contributed by atoms with Gasteiger partial charge >= 0.3 is 17.9 Å². The summed E-state index contributed by atoms with van der Waals surface area (Å²) >= 11 is 0. The summed E-state index contributed by atoms with van der Waals surface area (Å²) in [4.78, 5) is 37.4. The smallest absolute Gasteiger partial charge is 0.306 e. The molecule has 0 fully saturated rings. The molecule has 0 aromatic heterocycles. The Morgan fingerprint density at radius 2 is 0.660 bits per heavy atom. The molecule has 0 aliphatic heterocycles. The lowest BCUT2D eigenvalue weighted by molar-refractivity contribution is -0.167. The molecule has 0 aromatic rings. The number of ether oxygens (including phenoxy) is 3. The van der Waals surface area contributed by atoms with E-state index in [0.29, 0.717) is 19.3 Å². The number of unbranched alkanes of at least 4 members (excludes halogenated alkanes) is 23. The third kappa shape index (κ3) is 37.7. The normalized spacial score (nSPS) is 12.1. The maximum absolute atomic E-state index is 12.6. The van der Waals surface area contributed by atoms with Gasteiger partial charge in [-0.05, 0) is 31.1 Å². The average molecular weight is 709 g/mol. The van der Waals surface area contributed by atoms with Gasteiger partial charge in [-0.15, -0.1) is 0 Å². The molecule has 0 aliphatic carbocycles. The second-order valence-corrected chi connectivity index (χ2v) is 15.9. The number of carbonyl (C=O) groups is 3. The van der Waals surface area contributed by atoms with Crippen LogP contribution in [0, 0.1) is 11.8 Å². The zero-order valence-electron chi connectivity index (χ0n) is 34.0. The summed E-state index contributed by atoms with van der Waals surface area (Å²) in [6.07, 6.45) is 34.1. The molecule has 0 spiro atoms. The molecule has 1 atom stereocenters. The van der Waals surface area contributed by atoms with Crippen molar-refractivity contribution < 1.29 is 28.6 Å². The van der Waals surface area contributed by atoms with Crippen molar-refractivity contribution in [2.24, 2.45) is 11.8 Å². The zero-order chi connectivity index (χ0) is 36.9. The monoisotopic (exact) mass is 709 g/mol. The second kappa shape index (κ2) is 37.2. The van der Waals surface area contributed by atoms with Crippen molar-refractivity contribution in [3.8, 4) is 0 Å². The minimum absolute atomic E-state index is 0.0664. The van der Waals surface area contributed by atoms with Gasteiger partial charge in [0.2, 0.25) is 0 Å². The van der Waals surface area contributed by atoms with Crippen LogP contribution in [-0.4, -0.2) is 37.2 Å². The minimum atomic E-state index is -0.758. The fraction of sp³-hybridized carbons (Fsp3) is 0.932. The fourth-order valence-corrected chi connectivity index (χ4v) is 6.40. The standard InChI is InChI=1S/C44H84O6/c1-6-7-8-22-29-34-42(45)48-37-41(50-44(47)36-31-26-21-17-16-19-24-28-33-40(4)5)38-49-43(46)35-30-25-20-15-13-11-9-10-12-14-18-23-27-32-39(2)3/h39-41H,6-38H2,1-5H3/t41-/m1/s1. The van der Waals surface area contributed by atoms with Crippen molar-refractivity contribution in [2.75, 3.05) is 13.2 Å². The topological polar surface area (TPSA) is 78.9 Å². The highest BCUT2D eigenvalue weighted by Crippen LogP contribution is 2.16. The molecule has 0 aromatic carbocycles. The van der Waals surface area contributed by atoms with E-state index in [-0.39, 0.29) is 31.1 Å². The molecule has 0 radical (unpaired) electrons. The first-order valence-corrected chi connectivity index (χ1v) is 21.7. The van der Waals surface area contributed by atoms with E-state index in [0.717, 1.165) is 76.0 Å². The third-order valence-corrected chi connectivity index (χ3v) is 9.72. The second-order valence-electron chi connectivity index (χ2n) is 15.9. The largest absolute Gasteiger partial charge is 0.462 e. The molecule has 50 heavy (non-hydrogen) atoms. The van der Waals surface area contributed by atoms with Crippen molar-refractivity contribution in [1.29, 1.82) is 0 Å². The molecule has 0 unspecified atom stereocenters. The Morgan fingerprint density at radius 1 is 0.380 bits per heavy atom. The van der Waals surface area contributed by atoms with E-state index >= 15 is 0 Å². The molecule has 0 heterocycles. The number of hydrogen-bond acceptors (Lipinski definition) is 6. The summed E-state index contributed by atoms with van der Waals surface area (Å²) in [5, 5.41) is 0. The molecule has 6 heteroatoms. The van der Waals surface area contributed by atoms with E-state index in [2.05, 4.69) is 34.6 Å². The predicted octanol–water partition coefficient (Wildman–Crippen LogP) is 13.4. The zero-order valence-corrected chi connectivity index (χ0v) is 34.0. The molecule has 0 aliphatic rings. The lowest BCUT2D eigenvalue weighted by Crippen LogP contribution is -2.30. The van der Waals surface area contributed by atoms with Crippen LogP contribution in [0.25, 0.3) is 0 Å². The van der Waals surface area contributed by atoms with Crippen LogP contribution in [0.5, 0.6) is 0 Å². The Morgan fingerprint density at radius 3 is 0.980 bits per heavy atom. The fourth-order valence-electron chi connectivity index (χ4n) is 6.40. The SMILES string of the molecule is CCCCCCCC(=O)OC[C@H](COC(=O)CCCCCCCCCCCCCCCC(C)C)OC(=O)CCCCCCCCCCC(C)C. The molecule has 0 N–H and O–H groups in total. The summed E-state index contributed by atoms with van der Waals surface area (Å²) in [5.41, 5.74) is 0. The van der Waals surface area contributed by atoms with E-state index < -0.39 is 6.10 Å². The Balaban J connectivity index is 4.18. The van der Waals surface area contributed by atoms with Crippen molar-refractivity contribution in [2.45, 2.75) is 240 Å². The third-order valence-electron chi connectivity index (χ3n) is 9.72. The molecule has 0 bridgehead atoms. The quantitative estimate of drug-likeness (QED) is 0.0361.